The summed E-state index contributed by atoms with van der Waals surface area (Å²) in [7, 11) is 1.41. The number of nitrogens with zero attached hydrogens (tertiary/aromatic N) is 2. The number of carbonyl (C=O) groups is 1. The van der Waals surface area contributed by atoms with Gasteiger partial charge >= 0.3 is 6.09 Å². The molecule has 0 spiro atoms. The molecule has 1 aliphatic rings. The number of aromatic nitrogens is 1. The lowest BCUT2D eigenvalue weighted by atomic mass is 10.1. The molecule has 1 N–H and O–H groups in total. The molecule has 3 rings (SSSR count). The zero-order valence-corrected chi connectivity index (χ0v) is 18.2. The highest BCUT2D eigenvalue weighted by atomic mass is 19.1. The van der Waals surface area contributed by atoms with Crippen LogP contribution in [0.1, 0.15) is 40.5 Å². The number of ether oxygens (including phenoxy) is 3. The molecule has 2 aromatic rings. The van der Waals surface area contributed by atoms with E-state index in [-0.39, 0.29) is 23.5 Å². The largest absolute Gasteiger partial charge is 0.494 e. The molecular weight excluding hydrogens is 393 g/mol. The van der Waals surface area contributed by atoms with E-state index in [1.54, 1.807) is 6.07 Å². The minimum absolute atomic E-state index is 0.0744. The highest BCUT2D eigenvalue weighted by Crippen LogP contribution is 2.31. The van der Waals surface area contributed by atoms with Gasteiger partial charge in [0, 0.05) is 13.1 Å². The number of carbonyl (C=O) groups excluding carboxylic acids is 1. The van der Waals surface area contributed by atoms with Gasteiger partial charge in [-0.1, -0.05) is 0 Å². The second kappa shape index (κ2) is 9.07. The summed E-state index contributed by atoms with van der Waals surface area (Å²) in [6, 6.07) is 3.46. The molecular formula is C21H30FN3O5. The van der Waals surface area contributed by atoms with Crippen LogP contribution in [-0.2, 0) is 9.47 Å². The van der Waals surface area contributed by atoms with Gasteiger partial charge in [-0.05, 0) is 52.7 Å². The van der Waals surface area contributed by atoms with Crippen molar-refractivity contribution >= 4 is 23.2 Å². The Labute approximate surface area is 175 Å². The molecule has 0 saturated carbocycles. The second-order valence-electron chi connectivity index (χ2n) is 8.49. The number of oxazole rings is 1. The first-order valence-electron chi connectivity index (χ1n) is 10.2. The third-order valence-electron chi connectivity index (χ3n) is 4.73. The van der Waals surface area contributed by atoms with Crippen molar-refractivity contribution in [3.63, 3.8) is 0 Å². The maximum Gasteiger partial charge on any atom is 0.407 e. The SMILES string of the molecule is COc1ccc2nc(N3CCC(OC[C@H](C)NC(=O)OC(C)(C)C)CC3)oc2c1F. The van der Waals surface area contributed by atoms with E-state index in [9.17, 15) is 9.18 Å². The Morgan fingerprint density at radius 1 is 1.37 bits per heavy atom. The number of nitrogens with one attached hydrogen (secondary N) is 1. The van der Waals surface area contributed by atoms with Crippen molar-refractivity contribution in [1.82, 2.24) is 10.3 Å². The van der Waals surface area contributed by atoms with Crippen molar-refractivity contribution in [3.8, 4) is 5.75 Å². The van der Waals surface area contributed by atoms with Gasteiger partial charge in [-0.25, -0.2) is 4.79 Å². The standard InChI is InChI=1S/C21H30FN3O5/c1-13(23-20(26)30-21(2,3)4)12-28-14-8-10-25(11-9-14)19-24-15-6-7-16(27-5)17(22)18(15)29-19/h6-7,13-14H,8-12H2,1-5H3,(H,23,26)/t13-/m0/s1. The quantitative estimate of drug-likeness (QED) is 0.755. The number of amides is 1. The molecule has 0 aliphatic carbocycles. The van der Waals surface area contributed by atoms with Crippen molar-refractivity contribution in [2.45, 2.75) is 58.3 Å². The van der Waals surface area contributed by atoms with Crippen molar-refractivity contribution in [3.05, 3.63) is 17.9 Å². The van der Waals surface area contributed by atoms with Crippen LogP contribution < -0.4 is 15.0 Å². The topological polar surface area (TPSA) is 86.1 Å². The molecule has 1 amide bonds. The number of rotatable bonds is 6. The fourth-order valence-corrected chi connectivity index (χ4v) is 3.27. The average Bonchev–Trinajstić information content (AvgIpc) is 3.11. The number of methoxy groups -OCH3 is 1. The van der Waals surface area contributed by atoms with E-state index in [4.69, 9.17) is 18.6 Å². The van der Waals surface area contributed by atoms with Crippen LogP contribution in [0.4, 0.5) is 15.2 Å². The van der Waals surface area contributed by atoms with E-state index in [1.165, 1.54) is 13.2 Å². The Morgan fingerprint density at radius 3 is 2.70 bits per heavy atom. The van der Waals surface area contributed by atoms with Crippen molar-refractivity contribution in [2.75, 3.05) is 31.7 Å². The first-order valence-corrected chi connectivity index (χ1v) is 10.2. The normalized spacial score (nSPS) is 16.5. The third-order valence-corrected chi connectivity index (χ3v) is 4.73. The summed E-state index contributed by atoms with van der Waals surface area (Å²) in [5, 5.41) is 2.77. The number of alkyl carbamates (subject to hydrolysis) is 1. The van der Waals surface area contributed by atoms with Crippen LogP contribution in [0.3, 0.4) is 0 Å². The van der Waals surface area contributed by atoms with E-state index in [0.717, 1.165) is 12.8 Å². The van der Waals surface area contributed by atoms with Crippen molar-refractivity contribution < 1.29 is 27.8 Å². The van der Waals surface area contributed by atoms with E-state index in [0.29, 0.717) is 31.2 Å². The molecule has 9 heteroatoms. The lowest BCUT2D eigenvalue weighted by Gasteiger charge is -2.31. The summed E-state index contributed by atoms with van der Waals surface area (Å²) in [4.78, 5) is 18.2. The molecule has 1 aromatic heterocycles. The van der Waals surface area contributed by atoms with Crippen LogP contribution >= 0.6 is 0 Å². The molecule has 8 nitrogen and oxygen atoms in total. The molecule has 2 heterocycles. The molecule has 1 atom stereocenters. The zero-order chi connectivity index (χ0) is 21.9. The maximum atomic E-state index is 14.3. The minimum atomic E-state index is -0.543. The number of hydrogen-bond donors (Lipinski definition) is 1. The van der Waals surface area contributed by atoms with Crippen molar-refractivity contribution in [1.29, 1.82) is 0 Å². The van der Waals surface area contributed by atoms with E-state index < -0.39 is 17.5 Å². The van der Waals surface area contributed by atoms with Crippen LogP contribution in [0.25, 0.3) is 11.1 Å². The molecule has 0 unspecified atom stereocenters. The van der Waals surface area contributed by atoms with Gasteiger partial charge in [0.25, 0.3) is 6.01 Å². The number of piperidine rings is 1. The predicted octanol–water partition coefficient (Wildman–Crippen LogP) is 3.87. The van der Waals surface area contributed by atoms with Crippen LogP contribution in [0.2, 0.25) is 0 Å². The van der Waals surface area contributed by atoms with Crippen LogP contribution in [0.15, 0.2) is 16.5 Å². The summed E-state index contributed by atoms with van der Waals surface area (Å²) in [6.07, 6.45) is 1.19. The smallest absolute Gasteiger partial charge is 0.407 e. The predicted molar refractivity (Wildman–Crippen MR) is 111 cm³/mol. The van der Waals surface area contributed by atoms with Gasteiger partial charge < -0.3 is 28.8 Å². The lowest BCUT2D eigenvalue weighted by Crippen LogP contribution is -2.42. The van der Waals surface area contributed by atoms with Crippen LogP contribution in [0.5, 0.6) is 5.75 Å². The Morgan fingerprint density at radius 2 is 2.07 bits per heavy atom. The molecule has 1 aliphatic heterocycles. The molecule has 0 bridgehead atoms. The Balaban J connectivity index is 1.47. The Hall–Kier alpha value is -2.55. The maximum absolute atomic E-state index is 14.3. The Bertz CT molecular complexity index is 871. The lowest BCUT2D eigenvalue weighted by molar-refractivity contribution is 0.0179. The minimum Gasteiger partial charge on any atom is -0.494 e. The number of anilines is 1. The highest BCUT2D eigenvalue weighted by Gasteiger charge is 2.25. The van der Waals surface area contributed by atoms with Gasteiger partial charge in [0.05, 0.1) is 25.9 Å². The van der Waals surface area contributed by atoms with Gasteiger partial charge in [-0.15, -0.1) is 0 Å². The number of benzene rings is 1. The fraction of sp³-hybridized carbons (Fsp3) is 0.619. The summed E-state index contributed by atoms with van der Waals surface area (Å²) in [5.74, 6) is -0.412. The summed E-state index contributed by atoms with van der Waals surface area (Å²) < 4.78 is 36.2. The summed E-state index contributed by atoms with van der Waals surface area (Å²) in [6.45, 7) is 9.11. The van der Waals surface area contributed by atoms with Crippen LogP contribution in [0, 0.1) is 5.82 Å². The Kier molecular flexibility index (Phi) is 6.70. The van der Waals surface area contributed by atoms with Crippen molar-refractivity contribution in [2.24, 2.45) is 0 Å². The van der Waals surface area contributed by atoms with Gasteiger partial charge in [-0.2, -0.15) is 9.37 Å². The van der Waals surface area contributed by atoms with E-state index in [2.05, 4.69) is 10.3 Å². The van der Waals surface area contributed by atoms with E-state index >= 15 is 0 Å². The van der Waals surface area contributed by atoms with Gasteiger partial charge in [0.15, 0.2) is 11.3 Å². The molecule has 1 aromatic carbocycles. The van der Waals surface area contributed by atoms with Crippen LogP contribution in [-0.4, -0.2) is 55.6 Å². The highest BCUT2D eigenvalue weighted by molar-refractivity contribution is 5.77. The van der Waals surface area contributed by atoms with Gasteiger partial charge in [0.2, 0.25) is 5.82 Å². The number of hydrogen-bond acceptors (Lipinski definition) is 7. The second-order valence-corrected chi connectivity index (χ2v) is 8.49. The van der Waals surface area contributed by atoms with Gasteiger partial charge in [0.1, 0.15) is 11.1 Å². The van der Waals surface area contributed by atoms with E-state index in [1.807, 2.05) is 32.6 Å². The van der Waals surface area contributed by atoms with Gasteiger partial charge in [-0.3, -0.25) is 0 Å². The molecule has 1 saturated heterocycles. The monoisotopic (exact) mass is 423 g/mol. The third kappa shape index (κ3) is 5.53. The number of fused-ring (bicyclic) bond motifs is 1. The zero-order valence-electron chi connectivity index (χ0n) is 18.2. The molecule has 1 fully saturated rings. The molecule has 166 valence electrons. The summed E-state index contributed by atoms with van der Waals surface area (Å²) >= 11 is 0. The average molecular weight is 423 g/mol. The molecule has 30 heavy (non-hydrogen) atoms. The summed E-state index contributed by atoms with van der Waals surface area (Å²) in [5.41, 5.74) is 0.0319. The molecule has 0 radical (unpaired) electrons. The first-order chi connectivity index (χ1) is 14.2. The first kappa shape index (κ1) is 22.1. The fourth-order valence-electron chi connectivity index (χ4n) is 3.27. The number of halogens is 1.